The van der Waals surface area contributed by atoms with E-state index in [2.05, 4.69) is 16.0 Å². The van der Waals surface area contributed by atoms with Gasteiger partial charge in [-0.1, -0.05) is 42.5 Å². The molecule has 3 N–H and O–H groups in total. The number of amides is 2. The van der Waals surface area contributed by atoms with Crippen molar-refractivity contribution < 1.29 is 19.1 Å². The Balaban J connectivity index is 2.00. The fourth-order valence-corrected chi connectivity index (χ4v) is 2.74. The largest absolute Gasteiger partial charge is 0.463 e. The van der Waals surface area contributed by atoms with Crippen molar-refractivity contribution in [3.8, 4) is 0 Å². The number of carbonyl (C=O) groups is 3. The first-order valence-electron chi connectivity index (χ1n) is 9.32. The lowest BCUT2D eigenvalue weighted by Crippen LogP contribution is -2.34. The van der Waals surface area contributed by atoms with Gasteiger partial charge in [-0.3, -0.25) is 14.9 Å². The second-order valence-electron chi connectivity index (χ2n) is 6.18. The number of ether oxygens (including phenoxy) is 1. The minimum atomic E-state index is -0.624. The summed E-state index contributed by atoms with van der Waals surface area (Å²) in [6.07, 6.45) is 2.03. The Bertz CT molecular complexity index is 944. The van der Waals surface area contributed by atoms with Crippen LogP contribution in [0.3, 0.4) is 0 Å². The van der Waals surface area contributed by atoms with E-state index in [-0.39, 0.29) is 23.7 Å². The molecular formula is C22H23N3O4S. The second-order valence-corrected chi connectivity index (χ2v) is 6.59. The Labute approximate surface area is 180 Å². The lowest BCUT2D eigenvalue weighted by Gasteiger charge is -2.17. The first-order valence-corrected chi connectivity index (χ1v) is 9.73. The van der Waals surface area contributed by atoms with Crippen LogP contribution in [0, 0.1) is 0 Å². The lowest BCUT2D eigenvalue weighted by molar-refractivity contribution is -0.137. The van der Waals surface area contributed by atoms with Crippen LogP contribution in [-0.4, -0.2) is 29.5 Å². The van der Waals surface area contributed by atoms with E-state index in [4.69, 9.17) is 17.0 Å². The zero-order chi connectivity index (χ0) is 21.9. The molecule has 2 rings (SSSR count). The number of hydrogen-bond acceptors (Lipinski definition) is 5. The number of hydrogen-bond donors (Lipinski definition) is 3. The molecule has 7 nitrogen and oxygen atoms in total. The Morgan fingerprint density at radius 1 is 1.03 bits per heavy atom. The maximum atomic E-state index is 12.7. The molecule has 156 valence electrons. The van der Waals surface area contributed by atoms with Crippen LogP contribution in [0.2, 0.25) is 0 Å². The van der Waals surface area contributed by atoms with Gasteiger partial charge in [-0.2, -0.15) is 0 Å². The van der Waals surface area contributed by atoms with Gasteiger partial charge in [-0.05, 0) is 43.8 Å². The molecule has 0 aromatic heterocycles. The zero-order valence-corrected chi connectivity index (χ0v) is 17.5. The summed E-state index contributed by atoms with van der Waals surface area (Å²) >= 11 is 5.13. The highest BCUT2D eigenvalue weighted by Crippen LogP contribution is 2.18. The molecule has 1 atom stereocenters. The van der Waals surface area contributed by atoms with Gasteiger partial charge in [0.25, 0.3) is 5.91 Å². The summed E-state index contributed by atoms with van der Waals surface area (Å²) in [5, 5.41) is 8.18. The SMILES string of the molecule is CCOC(=O)/C=C/C(=O)NC(=S)Nc1ccccc1C(=O)NC(C)c1ccccc1. The van der Waals surface area contributed by atoms with Gasteiger partial charge in [-0.15, -0.1) is 0 Å². The predicted octanol–water partition coefficient (Wildman–Crippen LogP) is 3.11. The first-order chi connectivity index (χ1) is 14.4. The van der Waals surface area contributed by atoms with Gasteiger partial charge in [0.2, 0.25) is 5.91 Å². The van der Waals surface area contributed by atoms with Crippen LogP contribution in [0.25, 0.3) is 0 Å². The number of rotatable bonds is 7. The number of nitrogens with one attached hydrogen (secondary N) is 3. The molecule has 8 heteroatoms. The van der Waals surface area contributed by atoms with Gasteiger partial charge in [-0.25, -0.2) is 4.79 Å². The molecule has 2 aromatic carbocycles. The summed E-state index contributed by atoms with van der Waals surface area (Å²) in [5.74, 6) is -1.51. The Morgan fingerprint density at radius 3 is 2.40 bits per heavy atom. The van der Waals surface area contributed by atoms with E-state index in [1.165, 1.54) is 0 Å². The van der Waals surface area contributed by atoms with E-state index >= 15 is 0 Å². The maximum absolute atomic E-state index is 12.7. The molecule has 0 aliphatic carbocycles. The summed E-state index contributed by atoms with van der Waals surface area (Å²) in [4.78, 5) is 35.9. The summed E-state index contributed by atoms with van der Waals surface area (Å²) in [7, 11) is 0. The number of benzene rings is 2. The standard InChI is InChI=1S/C22H23N3O4S/c1-3-29-20(27)14-13-19(26)25-22(30)24-18-12-8-7-11-17(18)21(28)23-15(2)16-9-5-4-6-10-16/h4-15H,3H2,1-2H3,(H,23,28)(H2,24,25,26,30)/b14-13+. The third kappa shape index (κ3) is 7.14. The number of carbonyl (C=O) groups excluding carboxylic acids is 3. The Kier molecular flexibility index (Phi) is 8.71. The first kappa shape index (κ1) is 22.8. The van der Waals surface area contributed by atoms with Crippen LogP contribution in [0.5, 0.6) is 0 Å². The van der Waals surface area contributed by atoms with Crippen LogP contribution in [-0.2, 0) is 14.3 Å². The van der Waals surface area contributed by atoms with Crippen molar-refractivity contribution in [3.05, 3.63) is 77.9 Å². The molecule has 30 heavy (non-hydrogen) atoms. The fourth-order valence-electron chi connectivity index (χ4n) is 2.53. The van der Waals surface area contributed by atoms with E-state index in [0.29, 0.717) is 11.3 Å². The molecule has 0 radical (unpaired) electrons. The minimum absolute atomic E-state index is 0.00938. The molecule has 0 aliphatic heterocycles. The molecule has 1 unspecified atom stereocenters. The predicted molar refractivity (Wildman–Crippen MR) is 119 cm³/mol. The second kappa shape index (κ2) is 11.5. The highest BCUT2D eigenvalue weighted by Gasteiger charge is 2.15. The summed E-state index contributed by atoms with van der Waals surface area (Å²) in [6, 6.07) is 16.2. The third-order valence-corrected chi connectivity index (χ3v) is 4.17. The van der Waals surface area contributed by atoms with Gasteiger partial charge >= 0.3 is 5.97 Å². The fraction of sp³-hybridized carbons (Fsp3) is 0.182. The van der Waals surface area contributed by atoms with Crippen LogP contribution in [0.1, 0.15) is 35.8 Å². The lowest BCUT2D eigenvalue weighted by atomic mass is 10.1. The molecule has 0 heterocycles. The topological polar surface area (TPSA) is 96.5 Å². The zero-order valence-electron chi connectivity index (χ0n) is 16.7. The molecule has 0 aliphatic rings. The molecule has 0 saturated heterocycles. The molecule has 0 bridgehead atoms. The smallest absolute Gasteiger partial charge is 0.330 e. The molecule has 0 saturated carbocycles. The van der Waals surface area contributed by atoms with E-state index in [9.17, 15) is 14.4 Å². The van der Waals surface area contributed by atoms with Crippen LogP contribution >= 0.6 is 12.2 Å². The van der Waals surface area contributed by atoms with Gasteiger partial charge in [0, 0.05) is 12.2 Å². The molecular weight excluding hydrogens is 402 g/mol. The normalized spacial score (nSPS) is 11.4. The number of para-hydroxylation sites is 1. The van der Waals surface area contributed by atoms with Gasteiger partial charge in [0.05, 0.1) is 23.9 Å². The third-order valence-electron chi connectivity index (χ3n) is 3.96. The van der Waals surface area contributed by atoms with E-state index < -0.39 is 11.9 Å². The van der Waals surface area contributed by atoms with Gasteiger partial charge in [0.15, 0.2) is 5.11 Å². The maximum Gasteiger partial charge on any atom is 0.330 e. The summed E-state index contributed by atoms with van der Waals surface area (Å²) in [6.45, 7) is 3.77. The van der Waals surface area contributed by atoms with E-state index in [1.54, 1.807) is 31.2 Å². The number of esters is 1. The summed E-state index contributed by atoms with van der Waals surface area (Å²) < 4.78 is 4.70. The van der Waals surface area contributed by atoms with Crippen molar-refractivity contribution >= 4 is 40.8 Å². The summed E-state index contributed by atoms with van der Waals surface area (Å²) in [5.41, 5.74) is 1.79. The molecule has 2 aromatic rings. The van der Waals surface area contributed by atoms with Crippen LogP contribution < -0.4 is 16.0 Å². The average molecular weight is 426 g/mol. The van der Waals surface area contributed by atoms with Crippen LogP contribution in [0.4, 0.5) is 5.69 Å². The highest BCUT2D eigenvalue weighted by molar-refractivity contribution is 7.80. The number of thiocarbonyl (C=S) groups is 1. The molecule has 0 spiro atoms. The van der Waals surface area contributed by atoms with Crippen molar-refractivity contribution in [2.75, 3.05) is 11.9 Å². The quantitative estimate of drug-likeness (QED) is 0.358. The average Bonchev–Trinajstić information content (AvgIpc) is 2.73. The monoisotopic (exact) mass is 425 g/mol. The van der Waals surface area contributed by atoms with Crippen molar-refractivity contribution in [2.24, 2.45) is 0 Å². The Morgan fingerprint density at radius 2 is 1.70 bits per heavy atom. The molecule has 2 amide bonds. The minimum Gasteiger partial charge on any atom is -0.463 e. The Hall–Kier alpha value is -3.52. The van der Waals surface area contributed by atoms with E-state index in [1.807, 2.05) is 37.3 Å². The van der Waals surface area contributed by atoms with Crippen LogP contribution in [0.15, 0.2) is 66.7 Å². The van der Waals surface area contributed by atoms with Crippen molar-refractivity contribution in [1.82, 2.24) is 10.6 Å². The highest BCUT2D eigenvalue weighted by atomic mass is 32.1. The molecule has 0 fully saturated rings. The van der Waals surface area contributed by atoms with Crippen molar-refractivity contribution in [2.45, 2.75) is 19.9 Å². The van der Waals surface area contributed by atoms with Gasteiger partial charge < -0.3 is 15.4 Å². The van der Waals surface area contributed by atoms with E-state index in [0.717, 1.165) is 17.7 Å². The van der Waals surface area contributed by atoms with Gasteiger partial charge in [0.1, 0.15) is 0 Å². The number of anilines is 1. The van der Waals surface area contributed by atoms with Crippen molar-refractivity contribution in [3.63, 3.8) is 0 Å². The van der Waals surface area contributed by atoms with Crippen molar-refractivity contribution in [1.29, 1.82) is 0 Å².